The van der Waals surface area contributed by atoms with E-state index in [4.69, 9.17) is 4.42 Å². The summed E-state index contributed by atoms with van der Waals surface area (Å²) < 4.78 is 5.13. The molecular weight excluding hydrogens is 142 g/mol. The molecule has 11 heavy (non-hydrogen) atoms. The Balaban J connectivity index is 2.96. The summed E-state index contributed by atoms with van der Waals surface area (Å²) in [5.41, 5.74) is 0.806. The molecule has 0 aliphatic heterocycles. The number of aromatic nitrogens is 1. The Hall–Kier alpha value is -1.09. The fourth-order valence-electron chi connectivity index (χ4n) is 0.725. The van der Waals surface area contributed by atoms with Crippen molar-refractivity contribution in [2.75, 3.05) is 0 Å². The SMILES string of the molecule is C=CC(O)c1nc(C)c(C)o1. The van der Waals surface area contributed by atoms with E-state index in [2.05, 4.69) is 11.6 Å². The van der Waals surface area contributed by atoms with Crippen molar-refractivity contribution in [1.29, 1.82) is 0 Å². The number of hydrogen-bond acceptors (Lipinski definition) is 3. The van der Waals surface area contributed by atoms with Crippen LogP contribution in [0.25, 0.3) is 0 Å². The minimum Gasteiger partial charge on any atom is -0.443 e. The molecule has 0 aromatic carbocycles. The van der Waals surface area contributed by atoms with Crippen molar-refractivity contribution in [1.82, 2.24) is 4.98 Å². The summed E-state index contributed by atoms with van der Waals surface area (Å²) in [7, 11) is 0. The van der Waals surface area contributed by atoms with Crippen molar-refractivity contribution >= 4 is 0 Å². The molecule has 1 heterocycles. The normalized spacial score (nSPS) is 13.0. The number of hydrogen-bond donors (Lipinski definition) is 1. The third-order valence-electron chi connectivity index (χ3n) is 1.52. The smallest absolute Gasteiger partial charge is 0.227 e. The molecule has 1 aromatic heterocycles. The summed E-state index contributed by atoms with van der Waals surface area (Å²) in [6, 6.07) is 0. The number of aliphatic hydroxyl groups excluding tert-OH is 1. The zero-order valence-corrected chi connectivity index (χ0v) is 6.66. The number of rotatable bonds is 2. The van der Waals surface area contributed by atoms with Crippen LogP contribution < -0.4 is 0 Å². The predicted molar refractivity (Wildman–Crippen MR) is 41.1 cm³/mol. The summed E-state index contributed by atoms with van der Waals surface area (Å²) in [4.78, 5) is 3.99. The van der Waals surface area contributed by atoms with E-state index in [1.807, 2.05) is 13.8 Å². The molecule has 0 radical (unpaired) electrons. The molecule has 3 heteroatoms. The molecule has 0 spiro atoms. The zero-order valence-electron chi connectivity index (χ0n) is 6.66. The second kappa shape index (κ2) is 2.88. The molecular formula is C8H11NO2. The molecule has 1 rings (SSSR count). The van der Waals surface area contributed by atoms with Gasteiger partial charge in [-0.05, 0) is 13.8 Å². The number of aryl methyl sites for hydroxylation is 2. The Bertz CT molecular complexity index is 246. The summed E-state index contributed by atoms with van der Waals surface area (Å²) in [6.45, 7) is 7.06. The van der Waals surface area contributed by atoms with Crippen LogP contribution in [0, 0.1) is 13.8 Å². The third kappa shape index (κ3) is 1.49. The van der Waals surface area contributed by atoms with Gasteiger partial charge in [0.25, 0.3) is 0 Å². The maximum Gasteiger partial charge on any atom is 0.227 e. The first kappa shape index (κ1) is 8.01. The lowest BCUT2D eigenvalue weighted by atomic mass is 10.3. The van der Waals surface area contributed by atoms with Gasteiger partial charge in [-0.3, -0.25) is 0 Å². The monoisotopic (exact) mass is 153 g/mol. The molecule has 0 fully saturated rings. The zero-order chi connectivity index (χ0) is 8.43. The first-order valence-corrected chi connectivity index (χ1v) is 3.39. The summed E-state index contributed by atoms with van der Waals surface area (Å²) in [5.74, 6) is 1.05. The van der Waals surface area contributed by atoms with E-state index in [1.54, 1.807) is 0 Å². The van der Waals surface area contributed by atoms with Crippen molar-refractivity contribution in [2.24, 2.45) is 0 Å². The maximum absolute atomic E-state index is 9.19. The highest BCUT2D eigenvalue weighted by atomic mass is 16.4. The molecule has 0 saturated carbocycles. The second-order valence-corrected chi connectivity index (χ2v) is 2.37. The molecule has 0 aliphatic rings. The van der Waals surface area contributed by atoms with E-state index >= 15 is 0 Å². The Morgan fingerprint density at radius 2 is 2.27 bits per heavy atom. The van der Waals surface area contributed by atoms with E-state index in [0.717, 1.165) is 11.5 Å². The third-order valence-corrected chi connectivity index (χ3v) is 1.52. The lowest BCUT2D eigenvalue weighted by Gasteiger charge is -1.95. The van der Waals surface area contributed by atoms with Gasteiger partial charge in [0.15, 0.2) is 0 Å². The molecule has 1 N–H and O–H groups in total. The molecule has 0 saturated heterocycles. The van der Waals surface area contributed by atoms with Gasteiger partial charge >= 0.3 is 0 Å². The largest absolute Gasteiger partial charge is 0.443 e. The standard InChI is InChI=1S/C8H11NO2/c1-4-7(10)8-9-5(2)6(3)11-8/h4,7,10H,1H2,2-3H3. The first-order valence-electron chi connectivity index (χ1n) is 3.39. The van der Waals surface area contributed by atoms with Crippen LogP contribution in [0.2, 0.25) is 0 Å². The van der Waals surface area contributed by atoms with Gasteiger partial charge in [0, 0.05) is 0 Å². The van der Waals surface area contributed by atoms with Crippen LogP contribution in [0.3, 0.4) is 0 Å². The van der Waals surface area contributed by atoms with Crippen molar-refractivity contribution in [3.63, 3.8) is 0 Å². The van der Waals surface area contributed by atoms with Crippen molar-refractivity contribution in [3.8, 4) is 0 Å². The highest BCUT2D eigenvalue weighted by molar-refractivity contribution is 5.08. The summed E-state index contributed by atoms with van der Waals surface area (Å²) >= 11 is 0. The molecule has 0 bridgehead atoms. The molecule has 3 nitrogen and oxygen atoms in total. The van der Waals surface area contributed by atoms with Crippen molar-refractivity contribution in [2.45, 2.75) is 20.0 Å². The van der Waals surface area contributed by atoms with Gasteiger partial charge in [-0.15, -0.1) is 0 Å². The van der Waals surface area contributed by atoms with Crippen LogP contribution in [0.5, 0.6) is 0 Å². The average Bonchev–Trinajstić information content (AvgIpc) is 2.31. The summed E-state index contributed by atoms with van der Waals surface area (Å²) in [5, 5.41) is 9.19. The van der Waals surface area contributed by atoms with E-state index in [0.29, 0.717) is 5.89 Å². The van der Waals surface area contributed by atoms with E-state index in [9.17, 15) is 5.11 Å². The minimum atomic E-state index is -0.789. The highest BCUT2D eigenvalue weighted by Crippen LogP contribution is 2.15. The Labute approximate surface area is 65.4 Å². The van der Waals surface area contributed by atoms with E-state index < -0.39 is 6.10 Å². The maximum atomic E-state index is 9.19. The molecule has 1 atom stereocenters. The molecule has 1 aromatic rings. The quantitative estimate of drug-likeness (QED) is 0.655. The summed E-state index contributed by atoms with van der Waals surface area (Å²) in [6.07, 6.45) is 0.590. The fraction of sp³-hybridized carbons (Fsp3) is 0.375. The predicted octanol–water partition coefficient (Wildman–Crippen LogP) is 1.51. The molecule has 60 valence electrons. The minimum absolute atomic E-state index is 0.315. The van der Waals surface area contributed by atoms with Crippen LogP contribution in [0.4, 0.5) is 0 Å². The lowest BCUT2D eigenvalue weighted by molar-refractivity contribution is 0.189. The topological polar surface area (TPSA) is 46.3 Å². The number of oxazole rings is 1. The second-order valence-electron chi connectivity index (χ2n) is 2.37. The van der Waals surface area contributed by atoms with E-state index in [1.165, 1.54) is 6.08 Å². The van der Waals surface area contributed by atoms with Gasteiger partial charge in [-0.25, -0.2) is 4.98 Å². The van der Waals surface area contributed by atoms with Gasteiger partial charge in [0.05, 0.1) is 5.69 Å². The Morgan fingerprint density at radius 1 is 1.64 bits per heavy atom. The van der Waals surface area contributed by atoms with E-state index in [-0.39, 0.29) is 0 Å². The van der Waals surface area contributed by atoms with Crippen LogP contribution in [-0.4, -0.2) is 10.1 Å². The number of nitrogens with zero attached hydrogens (tertiary/aromatic N) is 1. The Morgan fingerprint density at radius 3 is 2.64 bits per heavy atom. The van der Waals surface area contributed by atoms with Crippen molar-refractivity contribution < 1.29 is 9.52 Å². The molecule has 0 amide bonds. The van der Waals surface area contributed by atoms with Crippen LogP contribution >= 0.6 is 0 Å². The van der Waals surface area contributed by atoms with Gasteiger partial charge in [-0.2, -0.15) is 0 Å². The van der Waals surface area contributed by atoms with Gasteiger partial charge in [-0.1, -0.05) is 12.7 Å². The molecule has 1 unspecified atom stereocenters. The molecule has 0 aliphatic carbocycles. The first-order chi connectivity index (χ1) is 5.15. The van der Waals surface area contributed by atoms with Crippen LogP contribution in [-0.2, 0) is 0 Å². The van der Waals surface area contributed by atoms with Gasteiger partial charge < -0.3 is 9.52 Å². The van der Waals surface area contributed by atoms with Crippen LogP contribution in [0.1, 0.15) is 23.4 Å². The Kier molecular flexibility index (Phi) is 2.10. The lowest BCUT2D eigenvalue weighted by Crippen LogP contribution is -1.91. The van der Waals surface area contributed by atoms with Gasteiger partial charge in [0.1, 0.15) is 11.9 Å². The fourth-order valence-corrected chi connectivity index (χ4v) is 0.725. The average molecular weight is 153 g/mol. The number of aliphatic hydroxyl groups is 1. The van der Waals surface area contributed by atoms with Gasteiger partial charge in [0.2, 0.25) is 5.89 Å². The van der Waals surface area contributed by atoms with Crippen molar-refractivity contribution in [3.05, 3.63) is 30.0 Å². The highest BCUT2D eigenvalue weighted by Gasteiger charge is 2.11. The van der Waals surface area contributed by atoms with Crippen LogP contribution in [0.15, 0.2) is 17.1 Å².